The summed E-state index contributed by atoms with van der Waals surface area (Å²) in [5.74, 6) is -0.935. The van der Waals surface area contributed by atoms with Crippen LogP contribution in [-0.2, 0) is 4.79 Å². The van der Waals surface area contributed by atoms with E-state index < -0.39 is 5.97 Å². The average molecular weight is 438 g/mol. The molecule has 0 spiro atoms. The maximum atomic E-state index is 9.60. The number of aliphatic imine (C=N–C) groups is 1. The molecular weight excluding hydrogens is 419 g/mol. The Morgan fingerprint density at radius 2 is 1.79 bits per heavy atom. The van der Waals surface area contributed by atoms with Crippen molar-refractivity contribution in [3.63, 3.8) is 0 Å². The van der Waals surface area contributed by atoms with Gasteiger partial charge in [0.15, 0.2) is 0 Å². The van der Waals surface area contributed by atoms with E-state index in [1.807, 2.05) is 49.5 Å². The smallest absolute Gasteiger partial charge is 0.330 e. The first kappa shape index (κ1) is 22.0. The van der Waals surface area contributed by atoms with Gasteiger partial charge in [-0.05, 0) is 42.8 Å². The zero-order chi connectivity index (χ0) is 20.8. The molecule has 0 radical (unpaired) electrons. The highest BCUT2D eigenvalue weighted by Gasteiger charge is 2.15. The molecule has 0 atom stereocenters. The van der Waals surface area contributed by atoms with Crippen molar-refractivity contribution in [2.24, 2.45) is 4.99 Å². The molecule has 0 fully saturated rings. The number of benzene rings is 2. The Hall–Kier alpha value is -2.27. The van der Waals surface area contributed by atoms with Gasteiger partial charge in [0.1, 0.15) is 6.67 Å². The Balaban J connectivity index is 0.000000409. The van der Waals surface area contributed by atoms with Crippen LogP contribution < -0.4 is 0 Å². The fourth-order valence-corrected chi connectivity index (χ4v) is 2.81. The van der Waals surface area contributed by atoms with Gasteiger partial charge < -0.3 is 10.0 Å². The van der Waals surface area contributed by atoms with E-state index in [4.69, 9.17) is 39.9 Å². The predicted molar refractivity (Wildman–Crippen MR) is 118 cm³/mol. The second kappa shape index (κ2) is 9.78. The highest BCUT2D eigenvalue weighted by Crippen LogP contribution is 2.29. The third-order valence-electron chi connectivity index (χ3n) is 3.84. The number of allylic oxidation sites excluding steroid dienone is 1. The lowest BCUT2D eigenvalue weighted by Gasteiger charge is -2.25. The number of aliphatic carboxylic acids is 1. The lowest BCUT2D eigenvalue weighted by molar-refractivity contribution is -0.132. The molecule has 1 aliphatic heterocycles. The number of carboxylic acid groups (broad SMARTS) is 1. The highest BCUT2D eigenvalue weighted by atomic mass is 35.5. The molecule has 0 unspecified atom stereocenters. The summed E-state index contributed by atoms with van der Waals surface area (Å²) in [6, 6.07) is 13.3. The Morgan fingerprint density at radius 1 is 1.11 bits per heavy atom. The molecule has 1 heterocycles. The van der Waals surface area contributed by atoms with E-state index in [9.17, 15) is 4.79 Å². The molecule has 4 nitrogen and oxygen atoms in total. The molecule has 0 saturated carbocycles. The van der Waals surface area contributed by atoms with Gasteiger partial charge in [0, 0.05) is 28.9 Å². The van der Waals surface area contributed by atoms with Crippen molar-refractivity contribution in [1.82, 2.24) is 4.90 Å². The molecule has 0 bridgehead atoms. The van der Waals surface area contributed by atoms with E-state index in [1.54, 1.807) is 6.07 Å². The van der Waals surface area contributed by atoms with Gasteiger partial charge in [0.2, 0.25) is 0 Å². The van der Waals surface area contributed by atoms with Crippen LogP contribution in [0.5, 0.6) is 0 Å². The summed E-state index contributed by atoms with van der Waals surface area (Å²) in [4.78, 5) is 16.2. The average Bonchev–Trinajstić information content (AvgIpc) is 2.65. The van der Waals surface area contributed by atoms with Crippen molar-refractivity contribution in [1.29, 1.82) is 0 Å². The minimum Gasteiger partial charge on any atom is -0.478 e. The van der Waals surface area contributed by atoms with Crippen molar-refractivity contribution in [3.8, 4) is 0 Å². The number of halogens is 3. The van der Waals surface area contributed by atoms with Gasteiger partial charge in [0.05, 0.1) is 15.8 Å². The standard InChI is InChI=1S/C17H13Cl3N2.C4H6O2/c1-22-10-21-16(11-3-2-4-13(18)7-11)9-17(22)12-5-6-14(19)15(20)8-12;1-3(2)4(5)6/h2-9H,10H2,1H3;1H2,2H3,(H,5,6). The first-order chi connectivity index (χ1) is 13.2. The lowest BCUT2D eigenvalue weighted by atomic mass is 10.0. The van der Waals surface area contributed by atoms with E-state index in [0.29, 0.717) is 21.7 Å². The predicted octanol–water partition coefficient (Wildman–Crippen LogP) is 6.03. The number of nitrogens with zero attached hydrogens (tertiary/aromatic N) is 2. The summed E-state index contributed by atoms with van der Waals surface area (Å²) in [6.45, 7) is 5.18. The summed E-state index contributed by atoms with van der Waals surface area (Å²) < 4.78 is 0. The molecule has 0 aromatic heterocycles. The lowest BCUT2D eigenvalue weighted by Crippen LogP contribution is -2.23. The number of carbonyl (C=O) groups is 1. The van der Waals surface area contributed by atoms with E-state index in [-0.39, 0.29) is 5.57 Å². The molecule has 1 N–H and O–H groups in total. The van der Waals surface area contributed by atoms with E-state index >= 15 is 0 Å². The van der Waals surface area contributed by atoms with Gasteiger partial charge in [-0.2, -0.15) is 0 Å². The van der Waals surface area contributed by atoms with Gasteiger partial charge in [-0.1, -0.05) is 59.6 Å². The first-order valence-electron chi connectivity index (χ1n) is 8.26. The maximum absolute atomic E-state index is 9.60. The number of carboxylic acids is 1. The molecular formula is C21H19Cl3N2O2. The first-order valence-corrected chi connectivity index (χ1v) is 9.40. The maximum Gasteiger partial charge on any atom is 0.330 e. The molecule has 0 amide bonds. The van der Waals surface area contributed by atoms with Gasteiger partial charge in [-0.25, -0.2) is 4.79 Å². The molecule has 2 aromatic carbocycles. The molecule has 2 aromatic rings. The molecule has 1 aliphatic rings. The van der Waals surface area contributed by atoms with Crippen LogP contribution in [0.25, 0.3) is 5.70 Å². The summed E-state index contributed by atoms with van der Waals surface area (Å²) in [5, 5.41) is 9.68. The Labute approximate surface area is 179 Å². The van der Waals surface area contributed by atoms with Crippen molar-refractivity contribution in [2.75, 3.05) is 13.7 Å². The van der Waals surface area contributed by atoms with Crippen LogP contribution in [0.3, 0.4) is 0 Å². The normalized spacial score (nSPS) is 13.1. The van der Waals surface area contributed by atoms with Gasteiger partial charge in [0.25, 0.3) is 0 Å². The van der Waals surface area contributed by atoms with Crippen LogP contribution in [0.2, 0.25) is 15.1 Å². The second-order valence-electron chi connectivity index (χ2n) is 6.14. The minimum absolute atomic E-state index is 0.176. The number of hydrogen-bond donors (Lipinski definition) is 1. The summed E-state index contributed by atoms with van der Waals surface area (Å²) >= 11 is 18.2. The fraction of sp³-hybridized carbons (Fsp3) is 0.143. The van der Waals surface area contributed by atoms with Crippen LogP contribution in [0, 0.1) is 0 Å². The van der Waals surface area contributed by atoms with E-state index in [2.05, 4.69) is 16.5 Å². The third kappa shape index (κ3) is 5.86. The van der Waals surface area contributed by atoms with Crippen molar-refractivity contribution >= 4 is 52.2 Å². The highest BCUT2D eigenvalue weighted by molar-refractivity contribution is 6.42. The van der Waals surface area contributed by atoms with Gasteiger partial charge in [-0.3, -0.25) is 4.99 Å². The molecule has 0 saturated heterocycles. The van der Waals surface area contributed by atoms with E-state index in [1.165, 1.54) is 6.92 Å². The van der Waals surface area contributed by atoms with Crippen LogP contribution in [0.1, 0.15) is 18.1 Å². The molecule has 146 valence electrons. The van der Waals surface area contributed by atoms with Crippen molar-refractivity contribution in [2.45, 2.75) is 6.92 Å². The van der Waals surface area contributed by atoms with Crippen LogP contribution in [-0.4, -0.2) is 35.4 Å². The van der Waals surface area contributed by atoms with Crippen molar-refractivity contribution in [3.05, 3.63) is 86.9 Å². The number of hydrogen-bond acceptors (Lipinski definition) is 3. The van der Waals surface area contributed by atoms with Gasteiger partial charge in [-0.15, -0.1) is 0 Å². The Kier molecular flexibility index (Phi) is 7.69. The SMILES string of the molecule is C=C(C)C(=O)O.CN1CN=C(c2cccc(Cl)c2)C=C1c1ccc(Cl)c(Cl)c1. The summed E-state index contributed by atoms with van der Waals surface area (Å²) in [5.41, 5.74) is 4.13. The molecule has 3 rings (SSSR count). The summed E-state index contributed by atoms with van der Waals surface area (Å²) in [6.07, 6.45) is 2.04. The van der Waals surface area contributed by atoms with Crippen LogP contribution in [0.15, 0.2) is 65.7 Å². The Morgan fingerprint density at radius 3 is 2.36 bits per heavy atom. The number of rotatable bonds is 3. The largest absolute Gasteiger partial charge is 0.478 e. The zero-order valence-electron chi connectivity index (χ0n) is 15.4. The van der Waals surface area contributed by atoms with Crippen LogP contribution in [0.4, 0.5) is 0 Å². The Bertz CT molecular complexity index is 956. The third-order valence-corrected chi connectivity index (χ3v) is 4.81. The minimum atomic E-state index is -0.935. The zero-order valence-corrected chi connectivity index (χ0v) is 17.7. The van der Waals surface area contributed by atoms with Crippen molar-refractivity contribution < 1.29 is 9.90 Å². The van der Waals surface area contributed by atoms with Crippen LogP contribution >= 0.6 is 34.8 Å². The quantitative estimate of drug-likeness (QED) is 0.597. The molecule has 0 aliphatic carbocycles. The summed E-state index contributed by atoms with van der Waals surface area (Å²) in [7, 11) is 1.99. The fourth-order valence-electron chi connectivity index (χ4n) is 2.33. The second-order valence-corrected chi connectivity index (χ2v) is 7.39. The molecule has 28 heavy (non-hydrogen) atoms. The topological polar surface area (TPSA) is 52.9 Å². The van der Waals surface area contributed by atoms with Gasteiger partial charge >= 0.3 is 5.97 Å². The molecule has 7 heteroatoms. The monoisotopic (exact) mass is 436 g/mol. The van der Waals surface area contributed by atoms with E-state index in [0.717, 1.165) is 22.5 Å².